The molecule has 0 N–H and O–H groups in total. The summed E-state index contributed by atoms with van der Waals surface area (Å²) in [5.74, 6) is -1.61. The molecule has 2 heterocycles. The molecule has 2 aliphatic rings. The van der Waals surface area contributed by atoms with Gasteiger partial charge in [0, 0.05) is 38.0 Å². The summed E-state index contributed by atoms with van der Waals surface area (Å²) in [7, 11) is 3.74. The summed E-state index contributed by atoms with van der Waals surface area (Å²) >= 11 is 0. The van der Waals surface area contributed by atoms with Gasteiger partial charge in [-0.1, -0.05) is 6.07 Å². The number of hydrogen-bond acceptors (Lipinski definition) is 3. The van der Waals surface area contributed by atoms with Crippen molar-refractivity contribution in [2.75, 3.05) is 40.3 Å². The monoisotopic (exact) mass is 365 g/mol. The first kappa shape index (κ1) is 18.8. The molecule has 2 saturated heterocycles. The van der Waals surface area contributed by atoms with Crippen molar-refractivity contribution in [3.8, 4) is 0 Å². The number of nitrogens with zero attached hydrogens (tertiary/aromatic N) is 3. The van der Waals surface area contributed by atoms with Crippen LogP contribution in [-0.2, 0) is 16.1 Å². The SMILES string of the molecule is CN(C)CC(=O)N1CCC2(CC1)CC(=O)N(Cc1ccc(F)c(F)c1)C2. The fourth-order valence-electron chi connectivity index (χ4n) is 3.92. The first-order chi connectivity index (χ1) is 12.3. The van der Waals surface area contributed by atoms with Crippen molar-refractivity contribution in [2.45, 2.75) is 25.8 Å². The Morgan fingerprint density at radius 1 is 1.19 bits per heavy atom. The third kappa shape index (κ3) is 4.03. The van der Waals surface area contributed by atoms with Gasteiger partial charge < -0.3 is 14.7 Å². The zero-order valence-electron chi connectivity index (χ0n) is 15.3. The topological polar surface area (TPSA) is 43.9 Å². The summed E-state index contributed by atoms with van der Waals surface area (Å²) < 4.78 is 26.5. The smallest absolute Gasteiger partial charge is 0.236 e. The molecule has 0 aromatic heterocycles. The maximum Gasteiger partial charge on any atom is 0.236 e. The molecule has 0 atom stereocenters. The van der Waals surface area contributed by atoms with Gasteiger partial charge in [-0.05, 0) is 44.6 Å². The Bertz CT molecular complexity index is 700. The molecule has 0 saturated carbocycles. The van der Waals surface area contributed by atoms with Gasteiger partial charge in [0.1, 0.15) is 0 Å². The van der Waals surface area contributed by atoms with Gasteiger partial charge >= 0.3 is 0 Å². The van der Waals surface area contributed by atoms with Crippen molar-refractivity contribution in [1.29, 1.82) is 0 Å². The minimum Gasteiger partial charge on any atom is -0.342 e. The number of hydrogen-bond donors (Lipinski definition) is 0. The van der Waals surface area contributed by atoms with Gasteiger partial charge in [-0.15, -0.1) is 0 Å². The maximum atomic E-state index is 13.4. The van der Waals surface area contributed by atoms with Crippen molar-refractivity contribution in [3.05, 3.63) is 35.4 Å². The van der Waals surface area contributed by atoms with Crippen LogP contribution >= 0.6 is 0 Å². The van der Waals surface area contributed by atoms with Crippen LogP contribution in [-0.4, -0.2) is 66.8 Å². The van der Waals surface area contributed by atoms with Crippen LogP contribution in [0.1, 0.15) is 24.8 Å². The molecule has 26 heavy (non-hydrogen) atoms. The van der Waals surface area contributed by atoms with E-state index in [-0.39, 0.29) is 17.2 Å². The van der Waals surface area contributed by atoms with Gasteiger partial charge in [0.05, 0.1) is 6.54 Å². The summed E-state index contributed by atoms with van der Waals surface area (Å²) in [5.41, 5.74) is 0.484. The molecule has 1 aromatic carbocycles. The number of likely N-dealkylation sites (tertiary alicyclic amines) is 2. The van der Waals surface area contributed by atoms with Crippen molar-refractivity contribution < 1.29 is 18.4 Å². The lowest BCUT2D eigenvalue weighted by molar-refractivity contribution is -0.134. The standard InChI is InChI=1S/C19H25F2N3O2/c1-22(2)12-18(26)23-7-5-19(6-8-23)10-17(25)24(13-19)11-14-3-4-15(20)16(21)9-14/h3-4,9H,5-8,10-13H2,1-2H3. The fraction of sp³-hybridized carbons (Fsp3) is 0.579. The van der Waals surface area contributed by atoms with Crippen LogP contribution in [0.2, 0.25) is 0 Å². The van der Waals surface area contributed by atoms with Crippen LogP contribution in [0.5, 0.6) is 0 Å². The number of likely N-dealkylation sites (N-methyl/N-ethyl adjacent to an activating group) is 1. The molecule has 5 nitrogen and oxygen atoms in total. The number of carbonyl (C=O) groups is 2. The average molecular weight is 365 g/mol. The van der Waals surface area contributed by atoms with E-state index in [0.29, 0.717) is 44.7 Å². The fourth-order valence-corrected chi connectivity index (χ4v) is 3.92. The first-order valence-electron chi connectivity index (χ1n) is 8.92. The third-order valence-corrected chi connectivity index (χ3v) is 5.39. The minimum atomic E-state index is -0.892. The largest absolute Gasteiger partial charge is 0.342 e. The molecule has 2 amide bonds. The number of halogens is 2. The van der Waals surface area contributed by atoms with Gasteiger partial charge in [-0.2, -0.15) is 0 Å². The second-order valence-electron chi connectivity index (χ2n) is 7.79. The Labute approximate surface area is 152 Å². The molecule has 3 rings (SSSR count). The summed E-state index contributed by atoms with van der Waals surface area (Å²) in [4.78, 5) is 30.1. The van der Waals surface area contributed by atoms with Gasteiger partial charge in [-0.3, -0.25) is 9.59 Å². The van der Waals surface area contributed by atoms with Gasteiger partial charge in [0.25, 0.3) is 0 Å². The second-order valence-corrected chi connectivity index (χ2v) is 7.79. The molecule has 7 heteroatoms. The van der Waals surface area contributed by atoms with E-state index in [1.54, 1.807) is 4.90 Å². The number of piperidine rings is 1. The van der Waals surface area contributed by atoms with Gasteiger partial charge in [0.15, 0.2) is 11.6 Å². The molecule has 0 aliphatic carbocycles. The number of rotatable bonds is 4. The predicted molar refractivity (Wildman–Crippen MR) is 93.2 cm³/mol. The minimum absolute atomic E-state index is 0.0443. The van der Waals surface area contributed by atoms with Crippen molar-refractivity contribution in [2.24, 2.45) is 5.41 Å². The van der Waals surface area contributed by atoms with Crippen molar-refractivity contribution in [1.82, 2.24) is 14.7 Å². The molecule has 142 valence electrons. The maximum absolute atomic E-state index is 13.4. The van der Waals surface area contributed by atoms with Crippen LogP contribution in [0.4, 0.5) is 8.78 Å². The molecule has 1 spiro atoms. The van der Waals surface area contributed by atoms with E-state index < -0.39 is 11.6 Å². The first-order valence-corrected chi connectivity index (χ1v) is 8.92. The van der Waals surface area contributed by atoms with E-state index in [9.17, 15) is 18.4 Å². The Hall–Kier alpha value is -2.02. The number of carbonyl (C=O) groups excluding carboxylic acids is 2. The second kappa shape index (κ2) is 7.31. The van der Waals surface area contributed by atoms with Crippen LogP contribution in [0.25, 0.3) is 0 Å². The van der Waals surface area contributed by atoms with Crippen LogP contribution in [0, 0.1) is 17.0 Å². The van der Waals surface area contributed by atoms with E-state index >= 15 is 0 Å². The zero-order valence-corrected chi connectivity index (χ0v) is 15.3. The highest BCUT2D eigenvalue weighted by molar-refractivity contribution is 5.80. The lowest BCUT2D eigenvalue weighted by Gasteiger charge is -2.39. The highest BCUT2D eigenvalue weighted by atomic mass is 19.2. The van der Waals surface area contributed by atoms with Gasteiger partial charge in [-0.25, -0.2) is 8.78 Å². The van der Waals surface area contributed by atoms with E-state index in [2.05, 4.69) is 0 Å². The normalized spacial score (nSPS) is 19.7. The zero-order chi connectivity index (χ0) is 18.9. The van der Waals surface area contributed by atoms with E-state index in [1.807, 2.05) is 23.9 Å². The van der Waals surface area contributed by atoms with Crippen LogP contribution in [0.15, 0.2) is 18.2 Å². The Balaban J connectivity index is 1.59. The summed E-state index contributed by atoms with van der Waals surface area (Å²) in [6.45, 7) is 2.63. The van der Waals surface area contributed by atoms with Crippen LogP contribution in [0.3, 0.4) is 0 Å². The Morgan fingerprint density at radius 2 is 1.88 bits per heavy atom. The van der Waals surface area contributed by atoms with Gasteiger partial charge in [0.2, 0.25) is 11.8 Å². The Kier molecular flexibility index (Phi) is 5.27. The van der Waals surface area contributed by atoms with Crippen LogP contribution < -0.4 is 0 Å². The molecule has 0 radical (unpaired) electrons. The summed E-state index contributed by atoms with van der Waals surface area (Å²) in [6.07, 6.45) is 2.06. The molecular formula is C19H25F2N3O2. The Morgan fingerprint density at radius 3 is 2.50 bits per heavy atom. The molecule has 1 aromatic rings. The lowest BCUT2D eigenvalue weighted by atomic mass is 9.77. The predicted octanol–water partition coefficient (Wildman–Crippen LogP) is 1.87. The molecule has 2 fully saturated rings. The molecule has 2 aliphatic heterocycles. The van der Waals surface area contributed by atoms with Crippen molar-refractivity contribution in [3.63, 3.8) is 0 Å². The highest BCUT2D eigenvalue weighted by Crippen LogP contribution is 2.41. The summed E-state index contributed by atoms with van der Waals surface area (Å²) in [6, 6.07) is 3.76. The summed E-state index contributed by atoms with van der Waals surface area (Å²) in [5, 5.41) is 0. The van der Waals surface area contributed by atoms with E-state index in [1.165, 1.54) is 6.07 Å². The van der Waals surface area contributed by atoms with Crippen molar-refractivity contribution >= 4 is 11.8 Å². The average Bonchev–Trinajstić information content (AvgIpc) is 2.86. The molecule has 0 unspecified atom stereocenters. The molecular weight excluding hydrogens is 340 g/mol. The third-order valence-electron chi connectivity index (χ3n) is 5.39. The quantitative estimate of drug-likeness (QED) is 0.818. The molecule has 0 bridgehead atoms. The highest BCUT2D eigenvalue weighted by Gasteiger charge is 2.45. The number of benzene rings is 1. The lowest BCUT2D eigenvalue weighted by Crippen LogP contribution is -2.46. The van der Waals surface area contributed by atoms with E-state index in [0.717, 1.165) is 25.0 Å². The number of amides is 2. The van der Waals surface area contributed by atoms with E-state index in [4.69, 9.17) is 0 Å².